The number of hydrogen-bond acceptors (Lipinski definition) is 2. The standard InChI is InChI=1S/C9H19NO/c1-7(9(2,3)4)5-8(11)6-10/h7H,5-6,10H2,1-4H3. The molecule has 0 rings (SSSR count). The molecule has 0 bridgehead atoms. The van der Waals surface area contributed by atoms with Crippen LogP contribution < -0.4 is 5.73 Å². The maximum Gasteiger partial charge on any atom is 0.146 e. The van der Waals surface area contributed by atoms with Crippen molar-refractivity contribution in [1.82, 2.24) is 0 Å². The number of Topliss-reactive ketones (excluding diaryl/α,β-unsaturated/α-hetero) is 1. The molecule has 0 saturated carbocycles. The van der Waals surface area contributed by atoms with E-state index in [1.54, 1.807) is 0 Å². The molecule has 0 aromatic rings. The smallest absolute Gasteiger partial charge is 0.146 e. The third kappa shape index (κ3) is 4.14. The molecular weight excluding hydrogens is 138 g/mol. The van der Waals surface area contributed by atoms with Crippen LogP contribution in [-0.2, 0) is 4.79 Å². The zero-order valence-corrected chi connectivity index (χ0v) is 7.98. The lowest BCUT2D eigenvalue weighted by Crippen LogP contribution is -2.24. The summed E-state index contributed by atoms with van der Waals surface area (Å²) in [4.78, 5) is 10.9. The van der Waals surface area contributed by atoms with Crippen LogP contribution in [0, 0.1) is 11.3 Å². The first kappa shape index (κ1) is 10.6. The van der Waals surface area contributed by atoms with E-state index in [1.165, 1.54) is 0 Å². The van der Waals surface area contributed by atoms with Gasteiger partial charge in [0.15, 0.2) is 0 Å². The largest absolute Gasteiger partial charge is 0.324 e. The molecule has 0 fully saturated rings. The summed E-state index contributed by atoms with van der Waals surface area (Å²) in [5.41, 5.74) is 5.43. The van der Waals surface area contributed by atoms with Crippen LogP contribution in [0.1, 0.15) is 34.1 Å². The number of hydrogen-bond donors (Lipinski definition) is 1. The predicted molar refractivity (Wildman–Crippen MR) is 47.3 cm³/mol. The average molecular weight is 157 g/mol. The minimum atomic E-state index is 0.160. The van der Waals surface area contributed by atoms with Crippen molar-refractivity contribution < 1.29 is 4.79 Å². The van der Waals surface area contributed by atoms with Gasteiger partial charge in [-0.15, -0.1) is 0 Å². The van der Waals surface area contributed by atoms with Gasteiger partial charge in [0.25, 0.3) is 0 Å². The fraction of sp³-hybridized carbons (Fsp3) is 0.889. The Morgan fingerprint density at radius 2 is 1.91 bits per heavy atom. The third-order valence-electron chi connectivity index (χ3n) is 2.24. The van der Waals surface area contributed by atoms with Crippen LogP contribution in [0.4, 0.5) is 0 Å². The Bertz CT molecular complexity index is 135. The van der Waals surface area contributed by atoms with E-state index in [0.717, 1.165) is 0 Å². The van der Waals surface area contributed by atoms with Gasteiger partial charge in [0, 0.05) is 6.42 Å². The van der Waals surface area contributed by atoms with Crippen LogP contribution in [0.5, 0.6) is 0 Å². The van der Waals surface area contributed by atoms with E-state index >= 15 is 0 Å². The summed E-state index contributed by atoms with van der Waals surface area (Å²) in [6, 6.07) is 0. The molecule has 0 aliphatic carbocycles. The Balaban J connectivity index is 3.87. The summed E-state index contributed by atoms with van der Waals surface area (Å²) < 4.78 is 0. The Kier molecular flexibility index (Phi) is 3.73. The van der Waals surface area contributed by atoms with Gasteiger partial charge in [-0.1, -0.05) is 27.7 Å². The first-order valence-corrected chi connectivity index (χ1v) is 4.09. The van der Waals surface area contributed by atoms with E-state index < -0.39 is 0 Å². The van der Waals surface area contributed by atoms with Gasteiger partial charge in [-0.25, -0.2) is 0 Å². The van der Waals surface area contributed by atoms with Crippen molar-refractivity contribution >= 4 is 5.78 Å². The van der Waals surface area contributed by atoms with Crippen LogP contribution in [-0.4, -0.2) is 12.3 Å². The van der Waals surface area contributed by atoms with Crippen LogP contribution in [0.15, 0.2) is 0 Å². The van der Waals surface area contributed by atoms with Crippen molar-refractivity contribution in [1.29, 1.82) is 0 Å². The van der Waals surface area contributed by atoms with Gasteiger partial charge >= 0.3 is 0 Å². The van der Waals surface area contributed by atoms with E-state index in [4.69, 9.17) is 5.73 Å². The lowest BCUT2D eigenvalue weighted by Gasteiger charge is -2.26. The second kappa shape index (κ2) is 3.86. The normalized spacial score (nSPS) is 14.6. The van der Waals surface area contributed by atoms with Crippen molar-refractivity contribution in [3.63, 3.8) is 0 Å². The maximum absolute atomic E-state index is 10.9. The molecule has 2 nitrogen and oxygen atoms in total. The second-order valence-corrected chi connectivity index (χ2v) is 4.21. The molecule has 0 aliphatic rings. The highest BCUT2D eigenvalue weighted by atomic mass is 16.1. The molecule has 0 amide bonds. The Labute approximate surface area is 69.2 Å². The van der Waals surface area contributed by atoms with Crippen molar-refractivity contribution in [2.45, 2.75) is 34.1 Å². The molecule has 0 aliphatic heterocycles. The summed E-state index contributed by atoms with van der Waals surface area (Å²) in [7, 11) is 0. The summed E-state index contributed by atoms with van der Waals surface area (Å²) in [5.74, 6) is 0.575. The van der Waals surface area contributed by atoms with Gasteiger partial charge in [-0.2, -0.15) is 0 Å². The zero-order chi connectivity index (χ0) is 9.07. The lowest BCUT2D eigenvalue weighted by molar-refractivity contribution is -0.119. The second-order valence-electron chi connectivity index (χ2n) is 4.21. The molecule has 1 atom stereocenters. The fourth-order valence-electron chi connectivity index (χ4n) is 0.731. The number of carbonyl (C=O) groups excluding carboxylic acids is 1. The van der Waals surface area contributed by atoms with Gasteiger partial charge in [0.2, 0.25) is 0 Å². The SMILES string of the molecule is CC(CC(=O)CN)C(C)(C)C. The number of ketones is 1. The maximum atomic E-state index is 10.9. The molecule has 0 aromatic heterocycles. The van der Waals surface area contributed by atoms with Crippen LogP contribution >= 0.6 is 0 Å². The molecule has 2 N–H and O–H groups in total. The third-order valence-corrected chi connectivity index (χ3v) is 2.24. The Morgan fingerprint density at radius 1 is 1.45 bits per heavy atom. The van der Waals surface area contributed by atoms with Gasteiger partial charge in [0.05, 0.1) is 6.54 Å². The van der Waals surface area contributed by atoms with Crippen molar-refractivity contribution in [2.24, 2.45) is 17.1 Å². The van der Waals surface area contributed by atoms with Crippen LogP contribution in [0.25, 0.3) is 0 Å². The van der Waals surface area contributed by atoms with E-state index in [9.17, 15) is 4.79 Å². The predicted octanol–water partition coefficient (Wildman–Crippen LogP) is 1.59. The highest BCUT2D eigenvalue weighted by Crippen LogP contribution is 2.27. The highest BCUT2D eigenvalue weighted by molar-refractivity contribution is 5.80. The minimum absolute atomic E-state index is 0.160. The molecule has 0 saturated heterocycles. The summed E-state index contributed by atoms with van der Waals surface area (Å²) in [6.07, 6.45) is 0.611. The molecule has 0 spiro atoms. The molecule has 66 valence electrons. The van der Waals surface area contributed by atoms with E-state index in [2.05, 4.69) is 27.7 Å². The summed E-state index contributed by atoms with van der Waals surface area (Å²) in [6.45, 7) is 8.69. The van der Waals surface area contributed by atoms with Crippen molar-refractivity contribution in [3.8, 4) is 0 Å². The molecule has 2 heteroatoms. The summed E-state index contributed by atoms with van der Waals surface area (Å²) >= 11 is 0. The van der Waals surface area contributed by atoms with Gasteiger partial charge in [-0.3, -0.25) is 4.79 Å². The molecule has 1 unspecified atom stereocenters. The van der Waals surface area contributed by atoms with Gasteiger partial charge in [0.1, 0.15) is 5.78 Å². The topological polar surface area (TPSA) is 43.1 Å². The highest BCUT2D eigenvalue weighted by Gasteiger charge is 2.21. The van der Waals surface area contributed by atoms with E-state index in [0.29, 0.717) is 12.3 Å². The first-order valence-electron chi connectivity index (χ1n) is 4.09. The zero-order valence-electron chi connectivity index (χ0n) is 7.98. The van der Waals surface area contributed by atoms with Gasteiger partial charge in [-0.05, 0) is 11.3 Å². The van der Waals surface area contributed by atoms with Crippen LogP contribution in [0.3, 0.4) is 0 Å². The average Bonchev–Trinajstić information content (AvgIpc) is 1.85. The Morgan fingerprint density at radius 3 is 2.18 bits per heavy atom. The Hall–Kier alpha value is -0.370. The lowest BCUT2D eigenvalue weighted by atomic mass is 9.79. The van der Waals surface area contributed by atoms with E-state index in [1.807, 2.05) is 0 Å². The molecule has 11 heavy (non-hydrogen) atoms. The van der Waals surface area contributed by atoms with Gasteiger partial charge < -0.3 is 5.73 Å². The fourth-order valence-corrected chi connectivity index (χ4v) is 0.731. The monoisotopic (exact) mass is 157 g/mol. The minimum Gasteiger partial charge on any atom is -0.324 e. The number of rotatable bonds is 3. The summed E-state index contributed by atoms with van der Waals surface area (Å²) in [5, 5.41) is 0. The first-order chi connectivity index (χ1) is 4.88. The molecule has 0 heterocycles. The number of nitrogens with two attached hydrogens (primary N) is 1. The van der Waals surface area contributed by atoms with Crippen molar-refractivity contribution in [2.75, 3.05) is 6.54 Å². The molecule has 0 aromatic carbocycles. The van der Waals surface area contributed by atoms with E-state index in [-0.39, 0.29) is 17.7 Å². The molecular formula is C9H19NO. The van der Waals surface area contributed by atoms with Crippen LogP contribution in [0.2, 0.25) is 0 Å². The number of carbonyl (C=O) groups is 1. The quantitative estimate of drug-likeness (QED) is 0.676. The molecule has 0 radical (unpaired) electrons. The van der Waals surface area contributed by atoms with Crippen molar-refractivity contribution in [3.05, 3.63) is 0 Å².